The van der Waals surface area contributed by atoms with Crippen molar-refractivity contribution in [1.82, 2.24) is 19.6 Å². The van der Waals surface area contributed by atoms with Crippen LogP contribution in [0.4, 0.5) is 11.5 Å². The van der Waals surface area contributed by atoms with Crippen LogP contribution in [0.3, 0.4) is 0 Å². The molecule has 1 aromatic carbocycles. The normalized spacial score (nSPS) is 12.0. The molecule has 12 heteroatoms. The van der Waals surface area contributed by atoms with Gasteiger partial charge in [0.1, 0.15) is 18.4 Å². The molecule has 0 saturated heterocycles. The molecule has 1 N–H and O–H groups in total. The maximum atomic E-state index is 12.7. The SMILES string of the molecule is CCC(C(=O)Nc1nn(Cc2ccc(Cl)cc2Cl)cc1Br)n1cc([N+](=O)[O-])cn1. The Morgan fingerprint density at radius 1 is 1.38 bits per heavy atom. The summed E-state index contributed by atoms with van der Waals surface area (Å²) in [7, 11) is 0. The number of nitro groups is 1. The second-order valence-corrected chi connectivity index (χ2v) is 7.81. The summed E-state index contributed by atoms with van der Waals surface area (Å²) in [5.41, 5.74) is 0.640. The van der Waals surface area contributed by atoms with E-state index in [2.05, 4.69) is 31.4 Å². The standard InChI is InChI=1S/C17H15BrCl2N6O3/c1-2-15(25-8-12(6-21-25)26(28)29)17(27)22-16-13(18)9-24(23-16)7-10-3-4-11(19)5-14(10)20/h3-6,8-9,15H,2,7H2,1H3,(H,22,23,27). The van der Waals surface area contributed by atoms with Gasteiger partial charge in [-0.1, -0.05) is 36.2 Å². The molecule has 152 valence electrons. The second-order valence-electron chi connectivity index (χ2n) is 6.11. The molecule has 0 aliphatic rings. The highest BCUT2D eigenvalue weighted by Crippen LogP contribution is 2.26. The van der Waals surface area contributed by atoms with E-state index in [1.54, 1.807) is 36.0 Å². The number of hydrogen-bond acceptors (Lipinski definition) is 5. The van der Waals surface area contributed by atoms with Gasteiger partial charge in [-0.05, 0) is 40.0 Å². The van der Waals surface area contributed by atoms with Crippen molar-refractivity contribution >= 4 is 56.5 Å². The number of carbonyl (C=O) groups excluding carboxylic acids is 1. The van der Waals surface area contributed by atoms with Gasteiger partial charge in [0.15, 0.2) is 5.82 Å². The van der Waals surface area contributed by atoms with Crippen molar-refractivity contribution < 1.29 is 9.72 Å². The summed E-state index contributed by atoms with van der Waals surface area (Å²) in [6.07, 6.45) is 4.43. The molecule has 0 spiro atoms. The molecule has 1 amide bonds. The minimum atomic E-state index is -0.716. The van der Waals surface area contributed by atoms with Crippen LogP contribution >= 0.6 is 39.1 Å². The maximum Gasteiger partial charge on any atom is 0.307 e. The van der Waals surface area contributed by atoms with Crippen LogP contribution in [0.1, 0.15) is 24.9 Å². The number of aromatic nitrogens is 4. The zero-order chi connectivity index (χ0) is 21.1. The molecule has 0 saturated carbocycles. The fraction of sp³-hybridized carbons (Fsp3) is 0.235. The van der Waals surface area contributed by atoms with Crippen molar-refractivity contribution in [3.8, 4) is 0 Å². The van der Waals surface area contributed by atoms with Crippen LogP contribution in [-0.2, 0) is 11.3 Å². The van der Waals surface area contributed by atoms with Gasteiger partial charge in [0.2, 0.25) is 5.91 Å². The number of halogens is 3. The van der Waals surface area contributed by atoms with Crippen molar-refractivity contribution in [2.24, 2.45) is 0 Å². The van der Waals surface area contributed by atoms with Crippen molar-refractivity contribution in [3.63, 3.8) is 0 Å². The van der Waals surface area contributed by atoms with Gasteiger partial charge in [0, 0.05) is 16.2 Å². The molecule has 3 aromatic rings. The predicted octanol–water partition coefficient (Wildman–Crippen LogP) is 4.70. The quantitative estimate of drug-likeness (QED) is 0.373. The first kappa shape index (κ1) is 21.3. The van der Waals surface area contributed by atoms with Crippen LogP contribution in [0.25, 0.3) is 0 Å². The van der Waals surface area contributed by atoms with Gasteiger partial charge < -0.3 is 5.32 Å². The molecular formula is C17H15BrCl2N6O3. The Kier molecular flexibility index (Phi) is 6.56. The number of hydrogen-bond donors (Lipinski definition) is 1. The second kappa shape index (κ2) is 8.93. The Morgan fingerprint density at radius 2 is 2.14 bits per heavy atom. The first-order valence-electron chi connectivity index (χ1n) is 8.44. The van der Waals surface area contributed by atoms with Gasteiger partial charge in [0.05, 0.1) is 15.9 Å². The number of amides is 1. The molecule has 29 heavy (non-hydrogen) atoms. The van der Waals surface area contributed by atoms with Crippen LogP contribution in [0, 0.1) is 10.1 Å². The summed E-state index contributed by atoms with van der Waals surface area (Å²) < 4.78 is 3.47. The van der Waals surface area contributed by atoms with Crippen molar-refractivity contribution in [2.75, 3.05) is 5.32 Å². The molecule has 3 rings (SSSR count). The average molecular weight is 502 g/mol. The highest BCUT2D eigenvalue weighted by atomic mass is 79.9. The third-order valence-electron chi connectivity index (χ3n) is 4.11. The summed E-state index contributed by atoms with van der Waals surface area (Å²) in [6, 6.07) is 4.47. The highest BCUT2D eigenvalue weighted by molar-refractivity contribution is 9.10. The lowest BCUT2D eigenvalue weighted by Crippen LogP contribution is -2.26. The molecule has 2 heterocycles. The third kappa shape index (κ3) is 4.95. The van der Waals surface area contributed by atoms with Gasteiger partial charge in [-0.3, -0.25) is 24.3 Å². The maximum absolute atomic E-state index is 12.7. The molecule has 0 fully saturated rings. The van der Waals surface area contributed by atoms with E-state index in [0.717, 1.165) is 11.8 Å². The summed E-state index contributed by atoms with van der Waals surface area (Å²) in [5.74, 6) is -0.0684. The monoisotopic (exact) mass is 500 g/mol. The van der Waals surface area contributed by atoms with E-state index >= 15 is 0 Å². The first-order valence-corrected chi connectivity index (χ1v) is 9.99. The summed E-state index contributed by atoms with van der Waals surface area (Å²) >= 11 is 15.5. The fourth-order valence-corrected chi connectivity index (χ4v) is 3.56. The van der Waals surface area contributed by atoms with E-state index in [9.17, 15) is 14.9 Å². The molecule has 0 aliphatic heterocycles. The van der Waals surface area contributed by atoms with Crippen LogP contribution in [0.15, 0.2) is 41.3 Å². The van der Waals surface area contributed by atoms with Crippen molar-refractivity contribution in [1.29, 1.82) is 0 Å². The van der Waals surface area contributed by atoms with Gasteiger partial charge >= 0.3 is 5.69 Å². The van der Waals surface area contributed by atoms with E-state index in [0.29, 0.717) is 33.3 Å². The molecule has 0 aliphatic carbocycles. The predicted molar refractivity (Wildman–Crippen MR) is 112 cm³/mol. The lowest BCUT2D eigenvalue weighted by molar-refractivity contribution is -0.385. The van der Waals surface area contributed by atoms with Crippen molar-refractivity contribution in [3.05, 3.63) is 67.0 Å². The van der Waals surface area contributed by atoms with Gasteiger partial charge in [-0.15, -0.1) is 0 Å². The number of anilines is 1. The summed E-state index contributed by atoms with van der Waals surface area (Å²) in [4.78, 5) is 23.0. The number of nitrogens with one attached hydrogen (secondary N) is 1. The number of rotatable bonds is 7. The van der Waals surface area contributed by atoms with Gasteiger partial charge in [0.25, 0.3) is 0 Å². The smallest absolute Gasteiger partial charge is 0.306 e. The lowest BCUT2D eigenvalue weighted by Gasteiger charge is -2.14. The van der Waals surface area contributed by atoms with E-state index in [1.807, 2.05) is 0 Å². The molecule has 0 radical (unpaired) electrons. The molecule has 2 aromatic heterocycles. The summed E-state index contributed by atoms with van der Waals surface area (Å²) in [5, 5.41) is 22.9. The number of benzene rings is 1. The Bertz CT molecular complexity index is 1070. The Balaban J connectivity index is 1.75. The Labute approximate surface area is 183 Å². The Hall–Kier alpha value is -2.43. The summed E-state index contributed by atoms with van der Waals surface area (Å²) in [6.45, 7) is 2.17. The highest BCUT2D eigenvalue weighted by Gasteiger charge is 2.23. The zero-order valence-corrected chi connectivity index (χ0v) is 18.1. The van der Waals surface area contributed by atoms with Crippen LogP contribution in [0.5, 0.6) is 0 Å². The van der Waals surface area contributed by atoms with E-state index < -0.39 is 11.0 Å². The lowest BCUT2D eigenvalue weighted by atomic mass is 10.2. The number of nitrogens with zero attached hydrogens (tertiary/aromatic N) is 5. The van der Waals surface area contributed by atoms with Crippen LogP contribution < -0.4 is 5.32 Å². The van der Waals surface area contributed by atoms with E-state index in [4.69, 9.17) is 23.2 Å². The molecular weight excluding hydrogens is 487 g/mol. The zero-order valence-electron chi connectivity index (χ0n) is 15.1. The van der Waals surface area contributed by atoms with Crippen LogP contribution in [-0.4, -0.2) is 30.4 Å². The molecule has 0 bridgehead atoms. The average Bonchev–Trinajstić information content (AvgIpc) is 3.26. The minimum Gasteiger partial charge on any atom is -0.306 e. The Morgan fingerprint density at radius 3 is 2.76 bits per heavy atom. The minimum absolute atomic E-state index is 0.179. The largest absolute Gasteiger partial charge is 0.307 e. The fourth-order valence-electron chi connectivity index (χ4n) is 2.67. The van der Waals surface area contributed by atoms with E-state index in [-0.39, 0.29) is 11.6 Å². The van der Waals surface area contributed by atoms with E-state index in [1.165, 1.54) is 10.9 Å². The van der Waals surface area contributed by atoms with Gasteiger partial charge in [-0.25, -0.2) is 0 Å². The molecule has 1 unspecified atom stereocenters. The van der Waals surface area contributed by atoms with Crippen LogP contribution in [0.2, 0.25) is 10.0 Å². The topological polar surface area (TPSA) is 108 Å². The first-order chi connectivity index (χ1) is 13.8. The third-order valence-corrected chi connectivity index (χ3v) is 5.28. The van der Waals surface area contributed by atoms with Gasteiger partial charge in [-0.2, -0.15) is 10.2 Å². The number of carbonyl (C=O) groups is 1. The van der Waals surface area contributed by atoms with Crippen molar-refractivity contribution in [2.45, 2.75) is 25.9 Å². The molecule has 1 atom stereocenters. The molecule has 9 nitrogen and oxygen atoms in total.